The zero-order chi connectivity index (χ0) is 12.1. The van der Waals surface area contributed by atoms with E-state index in [4.69, 9.17) is 15.0 Å². The highest BCUT2D eigenvalue weighted by Gasteiger charge is 2.19. The van der Waals surface area contributed by atoms with Gasteiger partial charge in [-0.1, -0.05) is 18.5 Å². The van der Waals surface area contributed by atoms with Crippen molar-refractivity contribution in [2.24, 2.45) is 5.73 Å². The monoisotopic (exact) mass is 239 g/mol. The fourth-order valence-electron chi connectivity index (χ4n) is 2.11. The summed E-state index contributed by atoms with van der Waals surface area (Å²) in [5, 5.41) is 3.97. The summed E-state index contributed by atoms with van der Waals surface area (Å²) in [6, 6.07) is -0.131. The predicted molar refractivity (Wildman–Crippen MR) is 63.4 cm³/mol. The van der Waals surface area contributed by atoms with Crippen molar-refractivity contribution in [2.45, 2.75) is 57.6 Å². The largest absolute Gasteiger partial charge is 0.378 e. The average molecular weight is 239 g/mol. The first-order valence-electron chi connectivity index (χ1n) is 6.49. The maximum atomic E-state index is 5.92. The van der Waals surface area contributed by atoms with Crippen LogP contribution in [0.15, 0.2) is 4.52 Å². The SMILES string of the molecule is CCC[C@H](N)c1nc(CC2CCCCO2)no1. The summed E-state index contributed by atoms with van der Waals surface area (Å²) in [6.45, 7) is 2.94. The van der Waals surface area contributed by atoms with E-state index in [9.17, 15) is 0 Å². The fourth-order valence-corrected chi connectivity index (χ4v) is 2.11. The Balaban J connectivity index is 1.88. The van der Waals surface area contributed by atoms with Crippen molar-refractivity contribution in [2.75, 3.05) is 6.61 Å². The standard InChI is InChI=1S/C12H21N3O2/c1-2-5-10(13)12-14-11(15-17-12)8-9-6-3-4-7-16-9/h9-10H,2-8,13H2,1H3/t9?,10-/m0/s1. The van der Waals surface area contributed by atoms with Gasteiger partial charge in [-0.15, -0.1) is 0 Å². The number of rotatable bonds is 5. The Bertz CT molecular complexity index is 334. The number of aromatic nitrogens is 2. The molecule has 2 N–H and O–H groups in total. The molecule has 0 amide bonds. The molecule has 0 aromatic carbocycles. The van der Waals surface area contributed by atoms with Gasteiger partial charge in [0, 0.05) is 13.0 Å². The van der Waals surface area contributed by atoms with E-state index in [1.807, 2.05) is 0 Å². The van der Waals surface area contributed by atoms with Crippen molar-refractivity contribution < 1.29 is 9.26 Å². The zero-order valence-electron chi connectivity index (χ0n) is 10.4. The number of hydrogen-bond acceptors (Lipinski definition) is 5. The molecule has 2 rings (SSSR count). The van der Waals surface area contributed by atoms with Crippen LogP contribution in [-0.2, 0) is 11.2 Å². The Hall–Kier alpha value is -0.940. The summed E-state index contributed by atoms with van der Waals surface area (Å²) in [6.07, 6.45) is 6.36. The minimum atomic E-state index is -0.131. The van der Waals surface area contributed by atoms with Gasteiger partial charge in [-0.05, 0) is 25.7 Å². The van der Waals surface area contributed by atoms with Crippen LogP contribution in [0.5, 0.6) is 0 Å². The zero-order valence-corrected chi connectivity index (χ0v) is 10.4. The van der Waals surface area contributed by atoms with E-state index in [0.717, 1.165) is 44.5 Å². The number of nitrogens with zero attached hydrogens (tertiary/aromatic N) is 2. The molecule has 1 aliphatic heterocycles. The second kappa shape index (κ2) is 6.12. The van der Waals surface area contributed by atoms with Gasteiger partial charge in [-0.2, -0.15) is 4.98 Å². The summed E-state index contributed by atoms with van der Waals surface area (Å²) < 4.78 is 10.8. The second-order valence-electron chi connectivity index (χ2n) is 4.64. The Morgan fingerprint density at radius 1 is 1.47 bits per heavy atom. The van der Waals surface area contributed by atoms with Gasteiger partial charge in [-0.25, -0.2) is 0 Å². The maximum absolute atomic E-state index is 5.92. The van der Waals surface area contributed by atoms with Crippen molar-refractivity contribution in [1.29, 1.82) is 0 Å². The summed E-state index contributed by atoms with van der Waals surface area (Å²) in [7, 11) is 0. The topological polar surface area (TPSA) is 74.2 Å². The van der Waals surface area contributed by atoms with Gasteiger partial charge < -0.3 is 15.0 Å². The molecule has 1 saturated heterocycles. The van der Waals surface area contributed by atoms with Crippen LogP contribution in [0, 0.1) is 0 Å². The van der Waals surface area contributed by atoms with Crippen LogP contribution in [0.25, 0.3) is 0 Å². The Labute approximate surface area is 102 Å². The molecule has 0 bridgehead atoms. The second-order valence-corrected chi connectivity index (χ2v) is 4.64. The van der Waals surface area contributed by atoms with E-state index in [1.54, 1.807) is 0 Å². The third kappa shape index (κ3) is 3.51. The van der Waals surface area contributed by atoms with E-state index in [-0.39, 0.29) is 12.1 Å². The molecule has 96 valence electrons. The molecule has 5 nitrogen and oxygen atoms in total. The van der Waals surface area contributed by atoms with Crippen LogP contribution in [0.1, 0.15) is 56.8 Å². The molecule has 1 unspecified atom stereocenters. The van der Waals surface area contributed by atoms with Crippen molar-refractivity contribution in [3.05, 3.63) is 11.7 Å². The molecule has 0 saturated carbocycles. The third-order valence-corrected chi connectivity index (χ3v) is 3.08. The van der Waals surface area contributed by atoms with Gasteiger partial charge in [0.1, 0.15) is 0 Å². The molecule has 0 aliphatic carbocycles. The quantitative estimate of drug-likeness (QED) is 0.850. The van der Waals surface area contributed by atoms with E-state index < -0.39 is 0 Å². The molecule has 17 heavy (non-hydrogen) atoms. The van der Waals surface area contributed by atoms with Gasteiger partial charge in [0.05, 0.1) is 12.1 Å². The predicted octanol–water partition coefficient (Wildman–Crippen LogP) is 1.98. The molecule has 1 aromatic rings. The number of hydrogen-bond donors (Lipinski definition) is 1. The lowest BCUT2D eigenvalue weighted by atomic mass is 10.1. The van der Waals surface area contributed by atoms with Crippen LogP contribution >= 0.6 is 0 Å². The Morgan fingerprint density at radius 3 is 3.06 bits per heavy atom. The smallest absolute Gasteiger partial charge is 0.243 e. The highest BCUT2D eigenvalue weighted by molar-refractivity contribution is 4.93. The molecule has 1 aliphatic rings. The highest BCUT2D eigenvalue weighted by Crippen LogP contribution is 2.18. The fraction of sp³-hybridized carbons (Fsp3) is 0.833. The van der Waals surface area contributed by atoms with E-state index in [0.29, 0.717) is 5.89 Å². The first kappa shape index (κ1) is 12.5. The average Bonchev–Trinajstić information content (AvgIpc) is 2.79. The van der Waals surface area contributed by atoms with Gasteiger partial charge in [-0.3, -0.25) is 0 Å². The first-order valence-corrected chi connectivity index (χ1v) is 6.49. The van der Waals surface area contributed by atoms with Crippen LogP contribution in [0.3, 0.4) is 0 Å². The van der Waals surface area contributed by atoms with Crippen molar-refractivity contribution in [1.82, 2.24) is 10.1 Å². The molecule has 1 aromatic heterocycles. The molecule has 0 spiro atoms. The summed E-state index contributed by atoms with van der Waals surface area (Å²) in [5.41, 5.74) is 5.92. The van der Waals surface area contributed by atoms with Crippen LogP contribution < -0.4 is 5.73 Å². The molecular weight excluding hydrogens is 218 g/mol. The highest BCUT2D eigenvalue weighted by atomic mass is 16.5. The van der Waals surface area contributed by atoms with E-state index >= 15 is 0 Å². The third-order valence-electron chi connectivity index (χ3n) is 3.08. The maximum Gasteiger partial charge on any atom is 0.243 e. The lowest BCUT2D eigenvalue weighted by molar-refractivity contribution is 0.0153. The van der Waals surface area contributed by atoms with Crippen molar-refractivity contribution >= 4 is 0 Å². The minimum absolute atomic E-state index is 0.131. The molecule has 1 fully saturated rings. The van der Waals surface area contributed by atoms with Crippen LogP contribution in [0.2, 0.25) is 0 Å². The lowest BCUT2D eigenvalue weighted by Gasteiger charge is -2.20. The lowest BCUT2D eigenvalue weighted by Crippen LogP contribution is -2.22. The normalized spacial score (nSPS) is 22.6. The van der Waals surface area contributed by atoms with Crippen LogP contribution in [0.4, 0.5) is 0 Å². The summed E-state index contributed by atoms with van der Waals surface area (Å²) in [5.74, 6) is 1.27. The molecule has 2 heterocycles. The Morgan fingerprint density at radius 2 is 2.35 bits per heavy atom. The molecule has 2 atom stereocenters. The van der Waals surface area contributed by atoms with Gasteiger partial charge >= 0.3 is 0 Å². The van der Waals surface area contributed by atoms with Crippen molar-refractivity contribution in [3.63, 3.8) is 0 Å². The van der Waals surface area contributed by atoms with E-state index in [1.165, 1.54) is 6.42 Å². The summed E-state index contributed by atoms with van der Waals surface area (Å²) in [4.78, 5) is 4.34. The first-order chi connectivity index (χ1) is 8.29. The molecule has 5 heteroatoms. The summed E-state index contributed by atoms with van der Waals surface area (Å²) >= 11 is 0. The van der Waals surface area contributed by atoms with Gasteiger partial charge in [0.2, 0.25) is 5.89 Å². The van der Waals surface area contributed by atoms with Gasteiger partial charge in [0.25, 0.3) is 0 Å². The van der Waals surface area contributed by atoms with Gasteiger partial charge in [0.15, 0.2) is 5.82 Å². The molecule has 0 radical (unpaired) electrons. The number of ether oxygens (including phenoxy) is 1. The Kier molecular flexibility index (Phi) is 4.50. The van der Waals surface area contributed by atoms with Crippen LogP contribution in [-0.4, -0.2) is 22.9 Å². The van der Waals surface area contributed by atoms with E-state index in [2.05, 4.69) is 17.1 Å². The number of nitrogens with two attached hydrogens (primary N) is 1. The minimum Gasteiger partial charge on any atom is -0.378 e. The van der Waals surface area contributed by atoms with Crippen molar-refractivity contribution in [3.8, 4) is 0 Å². The molecular formula is C12H21N3O2.